The lowest BCUT2D eigenvalue weighted by Crippen LogP contribution is -2.25. The van der Waals surface area contributed by atoms with Gasteiger partial charge in [0.2, 0.25) is 5.91 Å². The molecule has 1 aromatic rings. The minimum atomic E-state index is -0.0889. The van der Waals surface area contributed by atoms with Gasteiger partial charge in [0.25, 0.3) is 0 Å². The number of nitrogens with one attached hydrogen (secondary N) is 2. The van der Waals surface area contributed by atoms with Crippen molar-refractivity contribution in [2.24, 2.45) is 5.92 Å². The number of anilines is 1. The van der Waals surface area contributed by atoms with Crippen molar-refractivity contribution in [2.75, 3.05) is 18.4 Å². The molecule has 16 heavy (non-hydrogen) atoms. The van der Waals surface area contributed by atoms with Crippen molar-refractivity contribution < 1.29 is 9.90 Å². The van der Waals surface area contributed by atoms with E-state index < -0.39 is 0 Å². The minimum Gasteiger partial charge on any atom is -0.504 e. The number of halogens is 1. The van der Waals surface area contributed by atoms with Crippen LogP contribution in [-0.2, 0) is 4.79 Å². The second-order valence-electron chi connectivity index (χ2n) is 3.55. The quantitative estimate of drug-likeness (QED) is 0.717. The van der Waals surface area contributed by atoms with Gasteiger partial charge in [0, 0.05) is 12.7 Å². The van der Waals surface area contributed by atoms with E-state index in [9.17, 15) is 9.90 Å². The highest BCUT2D eigenvalue weighted by Gasteiger charge is 2.23. The van der Waals surface area contributed by atoms with Crippen molar-refractivity contribution in [1.82, 2.24) is 10.3 Å². The maximum absolute atomic E-state index is 11.7. The Morgan fingerprint density at radius 1 is 1.62 bits per heavy atom. The van der Waals surface area contributed by atoms with Crippen LogP contribution >= 0.6 is 12.4 Å². The fourth-order valence-corrected chi connectivity index (χ4v) is 1.59. The van der Waals surface area contributed by atoms with Gasteiger partial charge >= 0.3 is 0 Å². The van der Waals surface area contributed by atoms with Crippen LogP contribution in [0.2, 0.25) is 0 Å². The summed E-state index contributed by atoms with van der Waals surface area (Å²) in [4.78, 5) is 15.6. The molecule has 0 aliphatic carbocycles. The molecule has 1 fully saturated rings. The predicted octanol–water partition coefficient (Wildman–Crippen LogP) is 0.757. The van der Waals surface area contributed by atoms with Gasteiger partial charge in [0.05, 0.1) is 5.92 Å². The third-order valence-electron chi connectivity index (χ3n) is 2.46. The van der Waals surface area contributed by atoms with Crippen molar-refractivity contribution in [3.63, 3.8) is 0 Å². The van der Waals surface area contributed by atoms with Gasteiger partial charge in [-0.2, -0.15) is 0 Å². The van der Waals surface area contributed by atoms with Gasteiger partial charge in [-0.25, -0.2) is 4.98 Å². The van der Waals surface area contributed by atoms with Gasteiger partial charge < -0.3 is 15.7 Å². The Kier molecular flexibility index (Phi) is 4.52. The summed E-state index contributed by atoms with van der Waals surface area (Å²) in [5.74, 6) is 0.117. The first kappa shape index (κ1) is 12.7. The summed E-state index contributed by atoms with van der Waals surface area (Å²) in [5.41, 5.74) is 0. The molecule has 1 aliphatic rings. The lowest BCUT2D eigenvalue weighted by Gasteiger charge is -2.09. The Morgan fingerprint density at radius 2 is 2.44 bits per heavy atom. The topological polar surface area (TPSA) is 74.2 Å². The number of nitrogens with zero attached hydrogens (tertiary/aromatic N) is 1. The molecule has 5 nitrogen and oxygen atoms in total. The van der Waals surface area contributed by atoms with Gasteiger partial charge in [-0.05, 0) is 25.1 Å². The second kappa shape index (κ2) is 5.67. The Hall–Kier alpha value is -1.33. The molecule has 1 aromatic heterocycles. The van der Waals surface area contributed by atoms with Gasteiger partial charge in [0.15, 0.2) is 11.6 Å². The fraction of sp³-hybridized carbons (Fsp3) is 0.400. The third-order valence-corrected chi connectivity index (χ3v) is 2.46. The van der Waals surface area contributed by atoms with Crippen molar-refractivity contribution >= 4 is 24.1 Å². The van der Waals surface area contributed by atoms with Crippen molar-refractivity contribution in [3.8, 4) is 5.75 Å². The number of rotatable bonds is 2. The average Bonchev–Trinajstić information content (AvgIpc) is 2.74. The minimum absolute atomic E-state index is 0. The normalized spacial score (nSPS) is 18.9. The molecule has 0 radical (unpaired) electrons. The van der Waals surface area contributed by atoms with Crippen LogP contribution in [0, 0.1) is 5.92 Å². The van der Waals surface area contributed by atoms with Crippen LogP contribution in [0.15, 0.2) is 18.3 Å². The number of aromatic nitrogens is 1. The molecule has 0 bridgehead atoms. The van der Waals surface area contributed by atoms with Crippen LogP contribution in [0.4, 0.5) is 5.82 Å². The summed E-state index contributed by atoms with van der Waals surface area (Å²) < 4.78 is 0. The number of amides is 1. The maximum atomic E-state index is 11.7. The number of pyridine rings is 1. The van der Waals surface area contributed by atoms with Crippen LogP contribution in [0.25, 0.3) is 0 Å². The summed E-state index contributed by atoms with van der Waals surface area (Å²) >= 11 is 0. The lowest BCUT2D eigenvalue weighted by atomic mass is 10.1. The number of aromatic hydroxyl groups is 1. The molecule has 1 atom stereocenters. The zero-order chi connectivity index (χ0) is 10.7. The summed E-state index contributed by atoms with van der Waals surface area (Å²) in [7, 11) is 0. The first-order valence-electron chi connectivity index (χ1n) is 4.93. The third kappa shape index (κ3) is 2.84. The second-order valence-corrected chi connectivity index (χ2v) is 3.55. The van der Waals surface area contributed by atoms with E-state index in [1.54, 1.807) is 6.07 Å². The van der Waals surface area contributed by atoms with Crippen LogP contribution in [-0.4, -0.2) is 29.1 Å². The molecule has 2 heterocycles. The first-order valence-corrected chi connectivity index (χ1v) is 4.93. The van der Waals surface area contributed by atoms with E-state index in [4.69, 9.17) is 0 Å². The molecule has 1 unspecified atom stereocenters. The molecule has 1 amide bonds. The number of hydrogen-bond donors (Lipinski definition) is 3. The van der Waals surface area contributed by atoms with Crippen molar-refractivity contribution in [2.45, 2.75) is 6.42 Å². The molecule has 0 aromatic carbocycles. The highest BCUT2D eigenvalue weighted by atomic mass is 35.5. The average molecular weight is 244 g/mol. The molecular weight excluding hydrogens is 230 g/mol. The Morgan fingerprint density at radius 3 is 3.06 bits per heavy atom. The SMILES string of the molecule is Cl.O=C(Nc1ncccc1O)C1CCNC1. The van der Waals surface area contributed by atoms with Crippen LogP contribution in [0.5, 0.6) is 5.75 Å². The number of carbonyl (C=O) groups excluding carboxylic acids is 1. The Labute approximate surface area is 99.7 Å². The van der Waals surface area contributed by atoms with Gasteiger partial charge in [0.1, 0.15) is 0 Å². The highest BCUT2D eigenvalue weighted by Crippen LogP contribution is 2.19. The van der Waals surface area contributed by atoms with E-state index >= 15 is 0 Å². The molecular formula is C10H14ClN3O2. The van der Waals surface area contributed by atoms with E-state index in [-0.39, 0.29) is 35.8 Å². The molecule has 88 valence electrons. The molecule has 0 saturated carbocycles. The molecule has 2 rings (SSSR count). The van der Waals surface area contributed by atoms with E-state index in [2.05, 4.69) is 15.6 Å². The standard InChI is InChI=1S/C10H13N3O2.ClH/c14-8-2-1-4-12-9(8)13-10(15)7-3-5-11-6-7;/h1-2,4,7,11,14H,3,5-6H2,(H,12,13,15);1H. The summed E-state index contributed by atoms with van der Waals surface area (Å²) in [6.45, 7) is 1.56. The molecule has 1 aliphatic heterocycles. The summed E-state index contributed by atoms with van der Waals surface area (Å²) in [5, 5.41) is 15.1. The summed E-state index contributed by atoms with van der Waals surface area (Å²) in [6, 6.07) is 3.11. The van der Waals surface area contributed by atoms with Gasteiger partial charge in [-0.3, -0.25) is 4.79 Å². The van der Waals surface area contributed by atoms with E-state index in [1.807, 2.05) is 0 Å². The summed E-state index contributed by atoms with van der Waals surface area (Å²) in [6.07, 6.45) is 2.36. The fourth-order valence-electron chi connectivity index (χ4n) is 1.59. The highest BCUT2D eigenvalue weighted by molar-refractivity contribution is 5.93. The largest absolute Gasteiger partial charge is 0.504 e. The zero-order valence-electron chi connectivity index (χ0n) is 8.64. The maximum Gasteiger partial charge on any atom is 0.230 e. The molecule has 0 spiro atoms. The van der Waals surface area contributed by atoms with Crippen LogP contribution in [0.3, 0.4) is 0 Å². The van der Waals surface area contributed by atoms with Crippen LogP contribution < -0.4 is 10.6 Å². The molecule has 6 heteroatoms. The number of hydrogen-bond acceptors (Lipinski definition) is 4. The van der Waals surface area contributed by atoms with E-state index in [0.717, 1.165) is 13.0 Å². The predicted molar refractivity (Wildman–Crippen MR) is 62.8 cm³/mol. The molecule has 1 saturated heterocycles. The van der Waals surface area contributed by atoms with Crippen molar-refractivity contribution in [1.29, 1.82) is 0 Å². The Bertz CT molecular complexity index is 367. The lowest BCUT2D eigenvalue weighted by molar-refractivity contribution is -0.119. The molecule has 3 N–H and O–H groups in total. The van der Waals surface area contributed by atoms with Gasteiger partial charge in [-0.15, -0.1) is 12.4 Å². The van der Waals surface area contributed by atoms with Crippen molar-refractivity contribution in [3.05, 3.63) is 18.3 Å². The Balaban J connectivity index is 0.00000128. The van der Waals surface area contributed by atoms with Crippen LogP contribution in [0.1, 0.15) is 6.42 Å². The van der Waals surface area contributed by atoms with Gasteiger partial charge in [-0.1, -0.05) is 0 Å². The van der Waals surface area contributed by atoms with E-state index in [1.165, 1.54) is 12.3 Å². The van der Waals surface area contributed by atoms with E-state index in [0.29, 0.717) is 6.54 Å². The smallest absolute Gasteiger partial charge is 0.230 e. The monoisotopic (exact) mass is 243 g/mol. The number of carbonyl (C=O) groups is 1. The first-order chi connectivity index (χ1) is 7.27. The zero-order valence-corrected chi connectivity index (χ0v) is 9.46.